The van der Waals surface area contributed by atoms with Crippen LogP contribution in [0.2, 0.25) is 0 Å². The van der Waals surface area contributed by atoms with E-state index in [0.717, 1.165) is 26.0 Å². The van der Waals surface area contributed by atoms with Gasteiger partial charge in [0.05, 0.1) is 0 Å². The van der Waals surface area contributed by atoms with Gasteiger partial charge in [-0.05, 0) is 0 Å². The van der Waals surface area contributed by atoms with Crippen LogP contribution in [0.25, 0.3) is 0 Å². The fourth-order valence-electron chi connectivity index (χ4n) is 0.842. The summed E-state index contributed by atoms with van der Waals surface area (Å²) in [5.41, 5.74) is 0. The van der Waals surface area contributed by atoms with E-state index < -0.39 is 0 Å². The molecular formula is C8H18LiNO. The third kappa shape index (κ3) is 8.42. The van der Waals surface area contributed by atoms with Crippen molar-refractivity contribution >= 4 is 17.7 Å². The molecule has 62 valence electrons. The van der Waals surface area contributed by atoms with Gasteiger partial charge in [-0.3, -0.25) is 0 Å². The average molecular weight is 151 g/mol. The normalized spacial score (nSPS) is 14.0. The quantitative estimate of drug-likeness (QED) is 0.522. The third-order valence-electron chi connectivity index (χ3n) is 1.59. The third-order valence-corrected chi connectivity index (χ3v) is 1.59. The van der Waals surface area contributed by atoms with Crippen molar-refractivity contribution in [2.75, 3.05) is 27.2 Å². The van der Waals surface area contributed by atoms with E-state index in [2.05, 4.69) is 43.6 Å². The van der Waals surface area contributed by atoms with Crippen LogP contribution >= 0.6 is 0 Å². The van der Waals surface area contributed by atoms with Crippen molar-refractivity contribution in [3.05, 3.63) is 0 Å². The zero-order chi connectivity index (χ0) is 8.69. The fraction of sp³-hybridized carbons (Fsp3) is 1.00. The minimum absolute atomic E-state index is 0.414. The van der Waals surface area contributed by atoms with Crippen LogP contribution < -0.4 is 0 Å². The molecule has 0 saturated heterocycles. The monoisotopic (exact) mass is 151 g/mol. The molecule has 0 radical (unpaired) electrons. The second kappa shape index (κ2) is 7.18. The van der Waals surface area contributed by atoms with Crippen LogP contribution in [0.5, 0.6) is 0 Å². The van der Waals surface area contributed by atoms with E-state index in [4.69, 9.17) is 4.74 Å². The molecule has 0 spiro atoms. The van der Waals surface area contributed by atoms with Crippen LogP contribution in [-0.4, -0.2) is 54.6 Å². The Balaban J connectivity index is 3.15. The Hall–Kier alpha value is 0.517. The molecule has 1 atom stereocenters. The topological polar surface area (TPSA) is 12.5 Å². The molecule has 0 aliphatic heterocycles. The van der Waals surface area contributed by atoms with E-state index in [1.54, 1.807) is 0 Å². The molecule has 1 unspecified atom stereocenters. The van der Waals surface area contributed by atoms with Gasteiger partial charge in [0.25, 0.3) is 0 Å². The van der Waals surface area contributed by atoms with Crippen molar-refractivity contribution in [3.8, 4) is 0 Å². The van der Waals surface area contributed by atoms with Gasteiger partial charge in [-0.2, -0.15) is 0 Å². The first-order valence-corrected chi connectivity index (χ1v) is 4.43. The maximum absolute atomic E-state index is 5.51. The predicted molar refractivity (Wildman–Crippen MR) is 49.0 cm³/mol. The van der Waals surface area contributed by atoms with Crippen molar-refractivity contribution in [3.63, 3.8) is 0 Å². The van der Waals surface area contributed by atoms with Gasteiger partial charge in [-0.25, -0.2) is 0 Å². The molecule has 0 heterocycles. The molecule has 11 heavy (non-hydrogen) atoms. The van der Waals surface area contributed by atoms with Crippen molar-refractivity contribution < 1.29 is 4.74 Å². The van der Waals surface area contributed by atoms with E-state index in [0.29, 0.717) is 4.78 Å². The summed E-state index contributed by atoms with van der Waals surface area (Å²) in [5.74, 6) is 0. The van der Waals surface area contributed by atoms with E-state index in [1.165, 1.54) is 0 Å². The standard InChI is InChI=1S/C8H18NO.Li/c1-4-7-10-8-5-6-9(2)3;/h8H,4-7H2,1-3H3;. The van der Waals surface area contributed by atoms with E-state index in [-0.39, 0.29) is 0 Å². The predicted octanol–water partition coefficient (Wildman–Crippen LogP) is 0.859. The molecule has 0 aromatic heterocycles. The molecule has 0 amide bonds. The van der Waals surface area contributed by atoms with Gasteiger partial charge >= 0.3 is 79.1 Å². The summed E-state index contributed by atoms with van der Waals surface area (Å²) in [4.78, 5) is 2.19. The number of ether oxygens (including phenoxy) is 1. The van der Waals surface area contributed by atoms with Gasteiger partial charge in [-0.1, -0.05) is 0 Å². The summed E-state index contributed by atoms with van der Waals surface area (Å²) in [7, 11) is 4.18. The van der Waals surface area contributed by atoms with Gasteiger partial charge in [-0.15, -0.1) is 0 Å². The Morgan fingerprint density at radius 2 is 2.09 bits per heavy atom. The Morgan fingerprint density at radius 3 is 2.55 bits per heavy atom. The summed E-state index contributed by atoms with van der Waals surface area (Å²) in [6, 6.07) is 0. The van der Waals surface area contributed by atoms with Crippen LogP contribution in [-0.2, 0) is 4.74 Å². The first-order chi connectivity index (χ1) is 5.16. The van der Waals surface area contributed by atoms with Crippen LogP contribution in [0.15, 0.2) is 0 Å². The van der Waals surface area contributed by atoms with Gasteiger partial charge in [0.1, 0.15) is 0 Å². The summed E-state index contributed by atoms with van der Waals surface area (Å²) in [5, 5.41) is 0. The molecule has 0 fully saturated rings. The molecule has 2 nitrogen and oxygen atoms in total. The van der Waals surface area contributed by atoms with Crippen molar-refractivity contribution in [2.45, 2.75) is 24.5 Å². The maximum atomic E-state index is 5.51. The summed E-state index contributed by atoms with van der Waals surface area (Å²) in [6.45, 7) is 4.15. The van der Waals surface area contributed by atoms with E-state index in [1.807, 2.05) is 0 Å². The fourth-order valence-corrected chi connectivity index (χ4v) is 0.842. The number of nitrogens with zero attached hydrogens (tertiary/aromatic N) is 1. The van der Waals surface area contributed by atoms with Crippen LogP contribution in [0.1, 0.15) is 19.8 Å². The van der Waals surface area contributed by atoms with Gasteiger partial charge in [0.2, 0.25) is 0 Å². The zero-order valence-electron chi connectivity index (χ0n) is 8.26. The summed E-state index contributed by atoms with van der Waals surface area (Å²) < 4.78 is 5.93. The van der Waals surface area contributed by atoms with Gasteiger partial charge in [0.15, 0.2) is 0 Å². The average Bonchev–Trinajstić information content (AvgIpc) is 1.97. The van der Waals surface area contributed by atoms with Gasteiger partial charge < -0.3 is 0 Å². The molecule has 0 aromatic carbocycles. The molecule has 0 saturated carbocycles. The Morgan fingerprint density at radius 1 is 1.45 bits per heavy atom. The molecular weight excluding hydrogens is 133 g/mol. The second-order valence-electron chi connectivity index (χ2n) is 3.27. The van der Waals surface area contributed by atoms with E-state index >= 15 is 0 Å². The Labute approximate surface area is 79.5 Å². The van der Waals surface area contributed by atoms with Crippen molar-refractivity contribution in [1.29, 1.82) is 0 Å². The van der Waals surface area contributed by atoms with Crippen LogP contribution in [0.4, 0.5) is 0 Å². The molecule has 0 aromatic rings. The molecule has 3 heteroatoms. The molecule has 0 aliphatic carbocycles. The van der Waals surface area contributed by atoms with Crippen molar-refractivity contribution in [2.24, 2.45) is 0 Å². The number of hydrogen-bond donors (Lipinski definition) is 0. The molecule has 0 bridgehead atoms. The summed E-state index contributed by atoms with van der Waals surface area (Å²) in [6.07, 6.45) is 2.25. The Bertz CT molecular complexity index is 88.2. The van der Waals surface area contributed by atoms with Crippen molar-refractivity contribution in [1.82, 2.24) is 4.90 Å². The minimum atomic E-state index is 0.414. The van der Waals surface area contributed by atoms with Gasteiger partial charge in [0, 0.05) is 0 Å². The second-order valence-corrected chi connectivity index (χ2v) is 3.27. The summed E-state index contributed by atoms with van der Waals surface area (Å²) >= 11 is 2.14. The molecule has 0 N–H and O–H groups in total. The molecule has 0 rings (SSSR count). The number of rotatable bonds is 6. The number of hydrogen-bond acceptors (Lipinski definition) is 2. The van der Waals surface area contributed by atoms with Crippen LogP contribution in [0, 0.1) is 0 Å². The Kier molecular flexibility index (Phi) is 7.52. The zero-order valence-corrected chi connectivity index (χ0v) is 8.26. The first-order valence-electron chi connectivity index (χ1n) is 4.43. The van der Waals surface area contributed by atoms with E-state index in [9.17, 15) is 0 Å². The SMILES string of the molecule is [Li][CH](CCN(C)C)OCCC. The molecule has 0 aliphatic rings. The van der Waals surface area contributed by atoms with Crippen LogP contribution in [0.3, 0.4) is 0 Å². The first kappa shape index (κ1) is 11.5.